The lowest BCUT2D eigenvalue weighted by atomic mass is 9.85. The van der Waals surface area contributed by atoms with Gasteiger partial charge in [-0.15, -0.1) is 0 Å². The van der Waals surface area contributed by atoms with Crippen molar-refractivity contribution >= 4 is 40.6 Å². The molecule has 2 amide bonds. The van der Waals surface area contributed by atoms with Crippen LogP contribution in [0, 0.1) is 11.7 Å². The topological polar surface area (TPSA) is 157 Å². The van der Waals surface area contributed by atoms with E-state index in [1.54, 1.807) is 39.1 Å². The molecule has 0 bridgehead atoms. The monoisotopic (exact) mass is 581 g/mol. The number of anilines is 2. The molecule has 1 fully saturated rings. The highest BCUT2D eigenvalue weighted by molar-refractivity contribution is 8.13. The number of carbonyl (C=O) groups is 2. The Bertz CT molecular complexity index is 1470. The number of alkyl carbamates (subject to hydrolysis) is 1. The maximum atomic E-state index is 13.5. The van der Waals surface area contributed by atoms with E-state index < -0.39 is 29.0 Å². The fourth-order valence-electron chi connectivity index (χ4n) is 4.51. The van der Waals surface area contributed by atoms with Crippen molar-refractivity contribution in [2.75, 3.05) is 36.2 Å². The molecule has 0 aromatic carbocycles. The number of amides is 2. The van der Waals surface area contributed by atoms with E-state index in [2.05, 4.69) is 35.6 Å². The highest BCUT2D eigenvalue weighted by Crippen LogP contribution is 2.46. The van der Waals surface area contributed by atoms with Gasteiger partial charge in [0.2, 0.25) is 11.8 Å². The molecule has 5 rings (SSSR count). The molecule has 0 radical (unpaired) electrons. The SMILES string of the molecule is COc1cnc(C(=O)Nc2ccnc([C@]34CN(c5ncc(F)cn5)C[C@H]3CSC(NC(=O)OC(C)(C)C)=N4)c2)cn1. The van der Waals surface area contributed by atoms with Crippen molar-refractivity contribution in [2.24, 2.45) is 10.9 Å². The predicted molar refractivity (Wildman–Crippen MR) is 149 cm³/mol. The van der Waals surface area contributed by atoms with Crippen LogP contribution in [0.4, 0.5) is 20.8 Å². The number of carbonyl (C=O) groups excluding carboxylic acids is 2. The Morgan fingerprint density at radius 1 is 1.10 bits per heavy atom. The Balaban J connectivity index is 1.47. The van der Waals surface area contributed by atoms with Crippen LogP contribution in [0.3, 0.4) is 0 Å². The van der Waals surface area contributed by atoms with E-state index in [1.165, 1.54) is 31.3 Å². The molecule has 0 spiro atoms. The molecule has 2 aliphatic heterocycles. The van der Waals surface area contributed by atoms with Gasteiger partial charge in [0.15, 0.2) is 11.0 Å². The quantitative estimate of drug-likeness (QED) is 0.456. The molecule has 214 valence electrons. The van der Waals surface area contributed by atoms with Crippen LogP contribution < -0.4 is 20.3 Å². The Morgan fingerprint density at radius 3 is 2.56 bits per heavy atom. The number of thioether (sulfide) groups is 1. The minimum atomic E-state index is -0.937. The number of aliphatic imine (C=N–C) groups is 1. The van der Waals surface area contributed by atoms with Gasteiger partial charge in [-0.05, 0) is 32.9 Å². The van der Waals surface area contributed by atoms with E-state index in [4.69, 9.17) is 14.5 Å². The van der Waals surface area contributed by atoms with Crippen molar-refractivity contribution in [2.45, 2.75) is 31.9 Å². The summed E-state index contributed by atoms with van der Waals surface area (Å²) in [4.78, 5) is 53.3. The van der Waals surface area contributed by atoms with Crippen LogP contribution in [0.25, 0.3) is 0 Å². The second-order valence-electron chi connectivity index (χ2n) is 10.4. The van der Waals surface area contributed by atoms with Gasteiger partial charge in [0.25, 0.3) is 5.91 Å². The van der Waals surface area contributed by atoms with Gasteiger partial charge in [0, 0.05) is 30.1 Å². The van der Waals surface area contributed by atoms with Crippen LogP contribution in [-0.2, 0) is 10.3 Å². The van der Waals surface area contributed by atoms with Gasteiger partial charge in [0.1, 0.15) is 16.8 Å². The van der Waals surface area contributed by atoms with Gasteiger partial charge in [-0.1, -0.05) is 11.8 Å². The van der Waals surface area contributed by atoms with E-state index >= 15 is 0 Å². The molecule has 15 heteroatoms. The Hall–Kier alpha value is -4.40. The molecule has 2 atom stereocenters. The zero-order valence-corrected chi connectivity index (χ0v) is 23.6. The molecule has 41 heavy (non-hydrogen) atoms. The average molecular weight is 582 g/mol. The average Bonchev–Trinajstić information content (AvgIpc) is 3.33. The lowest BCUT2D eigenvalue weighted by Gasteiger charge is -2.34. The molecular formula is C26H28FN9O4S. The third-order valence-electron chi connectivity index (χ3n) is 6.30. The van der Waals surface area contributed by atoms with Crippen LogP contribution in [-0.4, -0.2) is 73.6 Å². The minimum Gasteiger partial charge on any atom is -0.480 e. The van der Waals surface area contributed by atoms with Gasteiger partial charge >= 0.3 is 6.09 Å². The van der Waals surface area contributed by atoms with E-state index in [1.807, 2.05) is 4.90 Å². The lowest BCUT2D eigenvalue weighted by molar-refractivity contribution is 0.0563. The maximum Gasteiger partial charge on any atom is 0.413 e. The Morgan fingerprint density at radius 2 is 1.88 bits per heavy atom. The second kappa shape index (κ2) is 11.2. The zero-order valence-electron chi connectivity index (χ0n) is 22.8. The summed E-state index contributed by atoms with van der Waals surface area (Å²) in [5.41, 5.74) is -0.478. The van der Waals surface area contributed by atoms with E-state index in [9.17, 15) is 14.0 Å². The molecule has 2 N–H and O–H groups in total. The number of methoxy groups -OCH3 is 1. The number of pyridine rings is 1. The van der Waals surface area contributed by atoms with E-state index in [0.717, 1.165) is 12.4 Å². The van der Waals surface area contributed by atoms with E-state index in [-0.39, 0.29) is 17.5 Å². The summed E-state index contributed by atoms with van der Waals surface area (Å²) in [6.45, 7) is 6.15. The van der Waals surface area contributed by atoms with Crippen LogP contribution >= 0.6 is 11.8 Å². The van der Waals surface area contributed by atoms with Crippen LogP contribution in [0.5, 0.6) is 5.88 Å². The second-order valence-corrected chi connectivity index (χ2v) is 11.4. The first-order chi connectivity index (χ1) is 19.5. The first-order valence-electron chi connectivity index (χ1n) is 12.6. The highest BCUT2D eigenvalue weighted by Gasteiger charge is 2.52. The summed E-state index contributed by atoms with van der Waals surface area (Å²) in [7, 11) is 1.46. The number of aromatic nitrogens is 5. The number of ether oxygens (including phenoxy) is 2. The van der Waals surface area contributed by atoms with Crippen LogP contribution in [0.1, 0.15) is 37.0 Å². The van der Waals surface area contributed by atoms with Crippen molar-refractivity contribution in [3.05, 3.63) is 60.3 Å². The summed E-state index contributed by atoms with van der Waals surface area (Å²) in [5, 5.41) is 5.95. The summed E-state index contributed by atoms with van der Waals surface area (Å²) in [6, 6.07) is 3.39. The summed E-state index contributed by atoms with van der Waals surface area (Å²) in [6.07, 6.45) is 5.85. The molecule has 5 heterocycles. The Labute approximate surface area is 239 Å². The number of amidine groups is 1. The number of halogens is 1. The van der Waals surface area contributed by atoms with Gasteiger partial charge in [-0.3, -0.25) is 15.1 Å². The zero-order chi connectivity index (χ0) is 29.2. The molecule has 0 unspecified atom stereocenters. The van der Waals surface area contributed by atoms with Crippen molar-refractivity contribution in [3.8, 4) is 5.88 Å². The molecule has 0 aliphatic carbocycles. The van der Waals surface area contributed by atoms with Gasteiger partial charge in [-0.25, -0.2) is 34.1 Å². The minimum absolute atomic E-state index is 0.0729. The molecule has 2 aliphatic rings. The number of hydrogen-bond donors (Lipinski definition) is 2. The number of rotatable bonds is 5. The van der Waals surface area contributed by atoms with Crippen molar-refractivity contribution in [3.63, 3.8) is 0 Å². The fraction of sp³-hybridized carbons (Fsp3) is 0.385. The summed E-state index contributed by atoms with van der Waals surface area (Å²) in [5.74, 6) is 0.156. The van der Waals surface area contributed by atoms with E-state index in [0.29, 0.717) is 41.3 Å². The predicted octanol–water partition coefficient (Wildman–Crippen LogP) is 3.02. The number of nitrogens with zero attached hydrogens (tertiary/aromatic N) is 7. The largest absolute Gasteiger partial charge is 0.480 e. The lowest BCUT2D eigenvalue weighted by Crippen LogP contribution is -2.44. The smallest absolute Gasteiger partial charge is 0.413 e. The van der Waals surface area contributed by atoms with Gasteiger partial charge in [0.05, 0.1) is 44.1 Å². The summed E-state index contributed by atoms with van der Waals surface area (Å²) < 4.78 is 23.9. The standard InChI is InChI=1S/C26H28FN9O4S/c1-25(2,3)40-24(38)34-23-35-26(14-36(12-15(26)13-41-23)22-31-8-16(27)9-32-22)19-7-17(5-6-28-19)33-21(37)18-10-30-20(39-4)11-29-18/h5-11,15H,12-14H2,1-4H3,(H,28,33,37)(H,34,35,38)/t15-,26-/m0/s1. The third kappa shape index (κ3) is 6.34. The molecule has 3 aromatic heterocycles. The number of nitrogens with one attached hydrogen (secondary N) is 2. The fourth-order valence-corrected chi connectivity index (χ4v) is 5.64. The molecule has 3 aromatic rings. The molecular weight excluding hydrogens is 553 g/mol. The Kier molecular flexibility index (Phi) is 7.71. The first-order valence-corrected chi connectivity index (χ1v) is 13.6. The van der Waals surface area contributed by atoms with Crippen molar-refractivity contribution < 1.29 is 23.5 Å². The van der Waals surface area contributed by atoms with Crippen LogP contribution in [0.2, 0.25) is 0 Å². The molecule has 13 nitrogen and oxygen atoms in total. The number of fused-ring (bicyclic) bond motifs is 1. The maximum absolute atomic E-state index is 13.5. The third-order valence-corrected chi connectivity index (χ3v) is 7.33. The van der Waals surface area contributed by atoms with Crippen LogP contribution in [0.15, 0.2) is 48.1 Å². The summed E-state index contributed by atoms with van der Waals surface area (Å²) >= 11 is 1.39. The molecule has 1 saturated heterocycles. The van der Waals surface area contributed by atoms with Crippen molar-refractivity contribution in [1.82, 2.24) is 30.2 Å². The van der Waals surface area contributed by atoms with Gasteiger partial charge < -0.3 is 19.7 Å². The first kappa shape index (κ1) is 28.1. The normalized spacial score (nSPS) is 20.1. The highest BCUT2D eigenvalue weighted by atomic mass is 32.2. The van der Waals surface area contributed by atoms with Crippen molar-refractivity contribution in [1.29, 1.82) is 0 Å². The number of hydrogen-bond acceptors (Lipinski definition) is 12. The molecule has 0 saturated carbocycles. The van der Waals surface area contributed by atoms with Gasteiger partial charge in [-0.2, -0.15) is 0 Å².